The molecule has 0 aliphatic rings. The lowest BCUT2D eigenvalue weighted by molar-refractivity contribution is -0.146. The van der Waals surface area contributed by atoms with E-state index in [2.05, 4.69) is 6.92 Å². The normalized spacial score (nSPS) is 11.9. The third kappa shape index (κ3) is 18.0. The molecule has 0 radical (unpaired) electrons. The van der Waals surface area contributed by atoms with Crippen LogP contribution in [0.5, 0.6) is 0 Å². The van der Waals surface area contributed by atoms with E-state index in [4.69, 9.17) is 10.2 Å². The number of aliphatic carboxylic acids is 1. The van der Waals surface area contributed by atoms with Crippen molar-refractivity contribution in [1.29, 1.82) is 0 Å². The summed E-state index contributed by atoms with van der Waals surface area (Å²) in [6, 6.07) is 0. The first kappa shape index (κ1) is 24.2. The molecule has 3 nitrogen and oxygen atoms in total. The lowest BCUT2D eigenvalue weighted by Crippen LogP contribution is -2.18. The van der Waals surface area contributed by atoms with Gasteiger partial charge in [0.1, 0.15) is 0 Å². The highest BCUT2D eigenvalue weighted by atomic mass is 27.0. The molecule has 22 heavy (non-hydrogen) atoms. The van der Waals surface area contributed by atoms with Gasteiger partial charge >= 0.3 is 5.97 Å². The van der Waals surface area contributed by atoms with Gasteiger partial charge in [-0.15, -0.1) is 0 Å². The molecule has 2 N–H and O–H groups in total. The largest absolute Gasteiger partial charge is 0.479 e. The van der Waals surface area contributed by atoms with Crippen molar-refractivity contribution in [2.75, 3.05) is 0 Å². The second-order valence-electron chi connectivity index (χ2n) is 6.24. The van der Waals surface area contributed by atoms with E-state index in [-0.39, 0.29) is 17.4 Å². The molecule has 0 aromatic heterocycles. The van der Waals surface area contributed by atoms with Crippen molar-refractivity contribution in [3.8, 4) is 0 Å². The molecule has 0 aromatic rings. The number of hydrogen-bond donors (Lipinski definition) is 2. The molecule has 0 heterocycles. The summed E-state index contributed by atoms with van der Waals surface area (Å²) in [4.78, 5) is 10.4. The first-order valence-corrected chi connectivity index (χ1v) is 9.09. The molecule has 1 atom stereocenters. The maximum absolute atomic E-state index is 10.4. The van der Waals surface area contributed by atoms with Gasteiger partial charge in [0.05, 0.1) is 0 Å². The molecule has 0 spiro atoms. The first-order valence-electron chi connectivity index (χ1n) is 9.09. The predicted octanol–water partition coefficient (Wildman–Crippen LogP) is 4.12. The molecule has 0 rings (SSSR count). The Bertz CT molecular complexity index is 234. The zero-order valence-corrected chi connectivity index (χ0v) is 14.0. The number of carboxylic acid groups (broad SMARTS) is 1. The fourth-order valence-electron chi connectivity index (χ4n) is 2.66. The molecule has 0 fully saturated rings. The van der Waals surface area contributed by atoms with Crippen LogP contribution in [0, 0.1) is 0 Å². The second kappa shape index (κ2) is 19.0. The van der Waals surface area contributed by atoms with Gasteiger partial charge in [0, 0.05) is 0 Å². The first-order chi connectivity index (χ1) is 10.2. The number of hydrogen-bond acceptors (Lipinski definition) is 2. The van der Waals surface area contributed by atoms with Gasteiger partial charge in [-0.3, -0.25) is 0 Å². The molecule has 0 saturated heterocycles. The van der Waals surface area contributed by atoms with Crippen LogP contribution >= 0.6 is 0 Å². The zero-order valence-electron chi connectivity index (χ0n) is 14.0. The molecule has 0 saturated carbocycles. The monoisotopic (exact) mass is 330 g/mol. The molecule has 0 aliphatic heterocycles. The summed E-state index contributed by atoms with van der Waals surface area (Å²) < 4.78 is 0. The Hall–Kier alpha value is -0.0375. The molecule has 132 valence electrons. The fraction of sp³-hybridized carbons (Fsp3) is 0.944. The van der Waals surface area contributed by atoms with Crippen LogP contribution in [0.2, 0.25) is 0 Å². The summed E-state index contributed by atoms with van der Waals surface area (Å²) >= 11 is 0. The molecule has 4 heteroatoms. The summed E-state index contributed by atoms with van der Waals surface area (Å²) in [6.07, 6.45) is 17.3. The highest BCUT2D eigenvalue weighted by Crippen LogP contribution is 2.13. The van der Waals surface area contributed by atoms with Gasteiger partial charge in [0.25, 0.3) is 0 Å². The van der Waals surface area contributed by atoms with E-state index < -0.39 is 12.1 Å². The van der Waals surface area contributed by atoms with Crippen LogP contribution in [0.4, 0.5) is 0 Å². The fourth-order valence-corrected chi connectivity index (χ4v) is 2.66. The van der Waals surface area contributed by atoms with Crippen LogP contribution in [0.3, 0.4) is 0 Å². The van der Waals surface area contributed by atoms with E-state index in [0.717, 1.165) is 12.8 Å². The van der Waals surface area contributed by atoms with Crippen LogP contribution in [-0.2, 0) is 4.79 Å². The average molecular weight is 330 g/mol. The van der Waals surface area contributed by atoms with Gasteiger partial charge in [0.15, 0.2) is 23.5 Å². The predicted molar refractivity (Wildman–Crippen MR) is 98.5 cm³/mol. The summed E-state index contributed by atoms with van der Waals surface area (Å²) in [5, 5.41) is 17.7. The van der Waals surface area contributed by atoms with Crippen molar-refractivity contribution >= 4 is 23.3 Å². The van der Waals surface area contributed by atoms with Gasteiger partial charge in [-0.05, 0) is 6.42 Å². The molecule has 0 bridgehead atoms. The number of carbonyl (C=O) groups is 1. The maximum Gasteiger partial charge on any atom is 0.332 e. The van der Waals surface area contributed by atoms with Crippen molar-refractivity contribution < 1.29 is 15.0 Å². The Kier molecular flexibility index (Phi) is 20.9. The smallest absolute Gasteiger partial charge is 0.332 e. The van der Waals surface area contributed by atoms with Crippen molar-refractivity contribution in [1.82, 2.24) is 0 Å². The maximum atomic E-state index is 10.4. The van der Waals surface area contributed by atoms with Crippen molar-refractivity contribution in [2.24, 2.45) is 0 Å². The summed E-state index contributed by atoms with van der Waals surface area (Å²) in [5.74, 6) is -1.09. The van der Waals surface area contributed by atoms with Gasteiger partial charge < -0.3 is 10.2 Å². The Labute approximate surface area is 148 Å². The summed E-state index contributed by atoms with van der Waals surface area (Å²) in [6.45, 7) is 2.26. The molecule has 0 amide bonds. The standard InChI is InChI=1S/C18H36O3.Al.3H/c1-2-3-4-5-6-7-8-9-10-11-12-13-14-15-16-17(19)18(20)21;;;;/h17,19H,2-16H2,1H3,(H,20,21);;;;. The minimum Gasteiger partial charge on any atom is -0.479 e. The minimum absolute atomic E-state index is 0. The average Bonchev–Trinajstić information content (AvgIpc) is 2.47. The van der Waals surface area contributed by atoms with Crippen molar-refractivity contribution in [3.05, 3.63) is 0 Å². The van der Waals surface area contributed by atoms with Crippen molar-refractivity contribution in [2.45, 2.75) is 109 Å². The Morgan fingerprint density at radius 2 is 1.05 bits per heavy atom. The third-order valence-electron chi connectivity index (χ3n) is 4.12. The lowest BCUT2D eigenvalue weighted by Gasteiger charge is -2.05. The summed E-state index contributed by atoms with van der Waals surface area (Å²) in [7, 11) is 0. The third-order valence-corrected chi connectivity index (χ3v) is 4.12. The lowest BCUT2D eigenvalue weighted by atomic mass is 10.0. The van der Waals surface area contributed by atoms with Crippen LogP contribution in [0.15, 0.2) is 0 Å². The number of unbranched alkanes of at least 4 members (excludes halogenated alkanes) is 13. The Balaban J connectivity index is 0. The molecular formula is C18H39AlO3. The molecule has 0 aromatic carbocycles. The second-order valence-corrected chi connectivity index (χ2v) is 6.24. The van der Waals surface area contributed by atoms with E-state index in [0.29, 0.717) is 6.42 Å². The van der Waals surface area contributed by atoms with E-state index in [1.165, 1.54) is 77.0 Å². The molecular weight excluding hydrogens is 291 g/mol. The zero-order chi connectivity index (χ0) is 15.8. The quantitative estimate of drug-likeness (QED) is 0.331. The summed E-state index contributed by atoms with van der Waals surface area (Å²) in [5.41, 5.74) is 0. The topological polar surface area (TPSA) is 57.5 Å². The minimum atomic E-state index is -1.16. The van der Waals surface area contributed by atoms with Gasteiger partial charge in [-0.25, -0.2) is 4.79 Å². The Morgan fingerprint density at radius 3 is 1.36 bits per heavy atom. The number of aliphatic hydroxyl groups is 1. The van der Waals surface area contributed by atoms with Gasteiger partial charge in [-0.1, -0.05) is 96.8 Å². The van der Waals surface area contributed by atoms with Gasteiger partial charge in [0.2, 0.25) is 0 Å². The highest BCUT2D eigenvalue weighted by Gasteiger charge is 2.11. The van der Waals surface area contributed by atoms with Crippen LogP contribution in [0.25, 0.3) is 0 Å². The SMILES string of the molecule is CCCCCCCCCCCCCCCCC(O)C(=O)O.[AlH3]. The molecule has 1 unspecified atom stereocenters. The highest BCUT2D eigenvalue weighted by molar-refractivity contribution is 5.75. The van der Waals surface area contributed by atoms with Gasteiger partial charge in [-0.2, -0.15) is 0 Å². The van der Waals surface area contributed by atoms with Crippen LogP contribution in [0.1, 0.15) is 103 Å². The van der Waals surface area contributed by atoms with E-state index in [9.17, 15) is 4.79 Å². The van der Waals surface area contributed by atoms with Crippen LogP contribution in [-0.4, -0.2) is 39.6 Å². The number of rotatable bonds is 16. The van der Waals surface area contributed by atoms with E-state index in [1.807, 2.05) is 0 Å². The van der Waals surface area contributed by atoms with Crippen LogP contribution < -0.4 is 0 Å². The Morgan fingerprint density at radius 1 is 0.727 bits per heavy atom. The van der Waals surface area contributed by atoms with E-state index in [1.54, 1.807) is 0 Å². The van der Waals surface area contributed by atoms with E-state index >= 15 is 0 Å². The molecule has 0 aliphatic carbocycles. The number of aliphatic hydroxyl groups excluding tert-OH is 1. The van der Waals surface area contributed by atoms with Crippen molar-refractivity contribution in [3.63, 3.8) is 0 Å². The number of carboxylic acids is 1.